The minimum atomic E-state index is -0.508. The van der Waals surface area contributed by atoms with Crippen LogP contribution in [0.3, 0.4) is 0 Å². The van der Waals surface area contributed by atoms with Crippen LogP contribution in [-0.2, 0) is 4.74 Å². The second-order valence-electron chi connectivity index (χ2n) is 6.26. The number of amides is 1. The first-order chi connectivity index (χ1) is 11.4. The number of nitrogens with one attached hydrogen (secondary N) is 2. The Morgan fingerprint density at radius 1 is 1.25 bits per heavy atom. The molecule has 0 radical (unpaired) electrons. The molecule has 1 aromatic heterocycles. The molecule has 2 aromatic rings. The topological polar surface area (TPSA) is 99.9 Å². The van der Waals surface area contributed by atoms with Crippen LogP contribution in [0.5, 0.6) is 0 Å². The molecule has 0 bridgehead atoms. The molecule has 7 heteroatoms. The van der Waals surface area contributed by atoms with Gasteiger partial charge in [-0.25, -0.2) is 4.79 Å². The number of nitriles is 1. The Kier molecular flexibility index (Phi) is 5.53. The van der Waals surface area contributed by atoms with Crippen LogP contribution in [0.1, 0.15) is 32.9 Å². The van der Waals surface area contributed by atoms with E-state index in [-0.39, 0.29) is 5.69 Å². The molecule has 0 atom stereocenters. The van der Waals surface area contributed by atoms with Gasteiger partial charge in [0.05, 0.1) is 11.2 Å². The molecule has 7 nitrogen and oxygen atoms in total. The van der Waals surface area contributed by atoms with E-state index < -0.39 is 11.7 Å². The highest BCUT2D eigenvalue weighted by Crippen LogP contribution is 2.23. The van der Waals surface area contributed by atoms with Crippen molar-refractivity contribution in [1.82, 2.24) is 15.5 Å². The van der Waals surface area contributed by atoms with Gasteiger partial charge in [-0.1, -0.05) is 18.2 Å². The lowest BCUT2D eigenvalue weighted by Crippen LogP contribution is -2.33. The average Bonchev–Trinajstić information content (AvgIpc) is 2.52. The minimum absolute atomic E-state index is 0.258. The number of hydrogen-bond acceptors (Lipinski definition) is 6. The van der Waals surface area contributed by atoms with E-state index in [9.17, 15) is 10.1 Å². The molecule has 1 amide bonds. The van der Waals surface area contributed by atoms with Gasteiger partial charge >= 0.3 is 6.09 Å². The number of carbonyl (C=O) groups is 1. The van der Waals surface area contributed by atoms with Crippen LogP contribution < -0.4 is 10.6 Å². The van der Waals surface area contributed by atoms with E-state index in [1.165, 1.54) is 0 Å². The second-order valence-corrected chi connectivity index (χ2v) is 6.26. The van der Waals surface area contributed by atoms with Crippen LogP contribution in [0.4, 0.5) is 10.5 Å². The fourth-order valence-electron chi connectivity index (χ4n) is 2.12. The number of rotatable bonds is 5. The summed E-state index contributed by atoms with van der Waals surface area (Å²) in [4.78, 5) is 11.6. The van der Waals surface area contributed by atoms with Crippen LogP contribution in [0.15, 0.2) is 24.3 Å². The molecule has 1 heterocycles. The Hall–Kier alpha value is -2.88. The summed E-state index contributed by atoms with van der Waals surface area (Å²) >= 11 is 0. The lowest BCUT2D eigenvalue weighted by atomic mass is 10.1. The van der Waals surface area contributed by atoms with Gasteiger partial charge in [0.15, 0.2) is 5.69 Å². The number of ether oxygens (including phenoxy) is 1. The Labute approximate surface area is 141 Å². The number of alkyl carbamates (subject to hydrolysis) is 1. The Morgan fingerprint density at radius 3 is 2.71 bits per heavy atom. The van der Waals surface area contributed by atoms with Gasteiger partial charge in [0.2, 0.25) is 0 Å². The molecule has 0 unspecified atom stereocenters. The van der Waals surface area contributed by atoms with E-state index >= 15 is 0 Å². The number of nitrogens with zero attached hydrogens (tertiary/aromatic N) is 3. The summed E-state index contributed by atoms with van der Waals surface area (Å²) in [5, 5.41) is 23.9. The van der Waals surface area contributed by atoms with Crippen molar-refractivity contribution in [2.45, 2.75) is 32.8 Å². The van der Waals surface area contributed by atoms with Crippen LogP contribution in [0.2, 0.25) is 0 Å². The highest BCUT2D eigenvalue weighted by molar-refractivity contribution is 5.92. The van der Waals surface area contributed by atoms with E-state index in [0.29, 0.717) is 25.2 Å². The quantitative estimate of drug-likeness (QED) is 0.819. The molecule has 0 fully saturated rings. The fraction of sp³-hybridized carbons (Fsp3) is 0.412. The summed E-state index contributed by atoms with van der Waals surface area (Å²) in [6.07, 6.45) is 0.247. The Balaban J connectivity index is 1.90. The smallest absolute Gasteiger partial charge is 0.407 e. The van der Waals surface area contributed by atoms with Crippen molar-refractivity contribution in [1.29, 1.82) is 5.26 Å². The largest absolute Gasteiger partial charge is 0.444 e. The molecule has 2 N–H and O–H groups in total. The first kappa shape index (κ1) is 17.5. The molecule has 1 aromatic carbocycles. The molecule has 0 aliphatic rings. The molecule has 0 saturated carbocycles. The average molecular weight is 327 g/mol. The number of hydrogen-bond donors (Lipinski definition) is 2. The Bertz CT molecular complexity index is 762. The van der Waals surface area contributed by atoms with Crippen molar-refractivity contribution in [3.63, 3.8) is 0 Å². The van der Waals surface area contributed by atoms with Gasteiger partial charge in [-0.3, -0.25) is 0 Å². The molecule has 126 valence electrons. The van der Waals surface area contributed by atoms with E-state index in [1.807, 2.05) is 51.1 Å². The number of aromatic nitrogens is 2. The number of fused-ring (bicyclic) bond motifs is 1. The fourth-order valence-corrected chi connectivity index (χ4v) is 2.12. The van der Waals surface area contributed by atoms with E-state index in [4.69, 9.17) is 4.74 Å². The van der Waals surface area contributed by atoms with Crippen molar-refractivity contribution in [3.8, 4) is 6.07 Å². The second kappa shape index (κ2) is 7.59. The van der Waals surface area contributed by atoms with Gasteiger partial charge in [-0.15, -0.1) is 10.2 Å². The first-order valence-corrected chi connectivity index (χ1v) is 7.77. The van der Waals surface area contributed by atoms with Gasteiger partial charge in [-0.05, 0) is 33.3 Å². The van der Waals surface area contributed by atoms with Gasteiger partial charge < -0.3 is 15.4 Å². The maximum atomic E-state index is 11.6. The lowest BCUT2D eigenvalue weighted by Gasteiger charge is -2.19. The normalized spacial score (nSPS) is 10.9. The molecular formula is C17H21N5O2. The van der Waals surface area contributed by atoms with Crippen LogP contribution in [-0.4, -0.2) is 35.0 Å². The van der Waals surface area contributed by atoms with E-state index in [2.05, 4.69) is 20.8 Å². The SMILES string of the molecule is CC(C)(C)OC(=O)NCCCNc1c(C#N)nnc2ccccc12. The number of carbonyl (C=O) groups excluding carboxylic acids is 1. The molecule has 0 saturated heterocycles. The highest BCUT2D eigenvalue weighted by Gasteiger charge is 2.15. The monoisotopic (exact) mass is 327 g/mol. The number of benzene rings is 1. The third-order valence-electron chi connectivity index (χ3n) is 3.10. The van der Waals surface area contributed by atoms with Crippen molar-refractivity contribution in [3.05, 3.63) is 30.0 Å². The van der Waals surface area contributed by atoms with Crippen molar-refractivity contribution in [2.75, 3.05) is 18.4 Å². The summed E-state index contributed by atoms with van der Waals surface area (Å²) in [5.74, 6) is 0. The summed E-state index contributed by atoms with van der Waals surface area (Å²) in [6, 6.07) is 9.55. The molecule has 24 heavy (non-hydrogen) atoms. The molecule has 0 spiro atoms. The third-order valence-corrected chi connectivity index (χ3v) is 3.10. The van der Waals surface area contributed by atoms with Crippen LogP contribution in [0, 0.1) is 11.3 Å². The number of anilines is 1. The summed E-state index contributed by atoms with van der Waals surface area (Å²) in [7, 11) is 0. The molecule has 0 aliphatic heterocycles. The maximum absolute atomic E-state index is 11.6. The van der Waals surface area contributed by atoms with Crippen molar-refractivity contribution >= 4 is 22.7 Å². The van der Waals surface area contributed by atoms with E-state index in [1.54, 1.807) is 0 Å². The predicted octanol–water partition coefficient (Wildman–Crippen LogP) is 2.83. The summed E-state index contributed by atoms with van der Waals surface area (Å²) < 4.78 is 5.16. The van der Waals surface area contributed by atoms with Crippen molar-refractivity contribution in [2.24, 2.45) is 0 Å². The molecular weight excluding hydrogens is 306 g/mol. The lowest BCUT2D eigenvalue weighted by molar-refractivity contribution is 0.0528. The first-order valence-electron chi connectivity index (χ1n) is 7.77. The standard InChI is InChI=1S/C17H21N5O2/c1-17(2,3)24-16(23)20-10-6-9-19-15-12-7-4-5-8-13(12)21-22-14(15)11-18/h4-5,7-8H,6,9-10H2,1-3H3,(H,19,21)(H,20,23). The highest BCUT2D eigenvalue weighted by atomic mass is 16.6. The zero-order valence-electron chi connectivity index (χ0n) is 14.1. The van der Waals surface area contributed by atoms with Gasteiger partial charge in [0, 0.05) is 18.5 Å². The Morgan fingerprint density at radius 2 is 2.00 bits per heavy atom. The summed E-state index contributed by atoms with van der Waals surface area (Å²) in [5.41, 5.74) is 1.14. The van der Waals surface area contributed by atoms with Gasteiger partial charge in [-0.2, -0.15) is 5.26 Å². The van der Waals surface area contributed by atoms with Crippen molar-refractivity contribution < 1.29 is 9.53 Å². The predicted molar refractivity (Wildman–Crippen MR) is 91.6 cm³/mol. The maximum Gasteiger partial charge on any atom is 0.407 e. The zero-order valence-corrected chi connectivity index (χ0v) is 14.1. The van der Waals surface area contributed by atoms with Gasteiger partial charge in [0.1, 0.15) is 11.7 Å². The van der Waals surface area contributed by atoms with Crippen LogP contribution in [0.25, 0.3) is 10.9 Å². The van der Waals surface area contributed by atoms with E-state index in [0.717, 1.165) is 10.9 Å². The van der Waals surface area contributed by atoms with Gasteiger partial charge in [0.25, 0.3) is 0 Å². The zero-order chi connectivity index (χ0) is 17.6. The third kappa shape index (κ3) is 4.81. The summed E-state index contributed by atoms with van der Waals surface area (Å²) in [6.45, 7) is 6.51. The molecule has 0 aliphatic carbocycles. The van der Waals surface area contributed by atoms with Crippen LogP contribution >= 0.6 is 0 Å². The minimum Gasteiger partial charge on any atom is -0.444 e. The molecule has 2 rings (SSSR count).